The van der Waals surface area contributed by atoms with E-state index >= 15 is 0 Å². The summed E-state index contributed by atoms with van der Waals surface area (Å²) in [5, 5.41) is 1.65. The van der Waals surface area contributed by atoms with Crippen LogP contribution < -0.4 is 4.90 Å². The summed E-state index contributed by atoms with van der Waals surface area (Å²) in [5.41, 5.74) is 1.38. The van der Waals surface area contributed by atoms with Crippen molar-refractivity contribution in [3.63, 3.8) is 0 Å². The third-order valence-corrected chi connectivity index (χ3v) is 7.40. The van der Waals surface area contributed by atoms with Crippen LogP contribution in [-0.4, -0.2) is 60.2 Å². The van der Waals surface area contributed by atoms with E-state index in [1.807, 2.05) is 41.3 Å². The first-order valence-electron chi connectivity index (χ1n) is 10.3. The molecule has 3 aromatic rings. The lowest BCUT2D eigenvalue weighted by atomic mass is 9.73. The minimum absolute atomic E-state index is 0.193. The third kappa shape index (κ3) is 3.55. The Labute approximate surface area is 184 Å². The second kappa shape index (κ2) is 8.13. The maximum atomic E-state index is 13.8. The lowest BCUT2D eigenvalue weighted by Crippen LogP contribution is -2.56. The molecule has 156 valence electrons. The zero-order valence-corrected chi connectivity index (χ0v) is 18.2. The van der Waals surface area contributed by atoms with Gasteiger partial charge < -0.3 is 14.5 Å². The smallest absolute Gasteiger partial charge is 0.233 e. The molecule has 30 heavy (non-hydrogen) atoms. The van der Waals surface area contributed by atoms with Crippen molar-refractivity contribution < 1.29 is 9.53 Å². The van der Waals surface area contributed by atoms with Gasteiger partial charge in [-0.3, -0.25) is 4.79 Å². The monoisotopic (exact) mass is 442 g/mol. The second-order valence-corrected chi connectivity index (χ2v) is 9.20. The number of rotatable bonds is 3. The number of nitrogens with zero attached hydrogens (tertiary/aromatic N) is 4. The molecule has 2 aliphatic heterocycles. The highest BCUT2D eigenvalue weighted by atomic mass is 35.5. The summed E-state index contributed by atoms with van der Waals surface area (Å²) in [5.74, 6) is 0.193. The number of pyridine rings is 1. The van der Waals surface area contributed by atoms with Gasteiger partial charge in [-0.2, -0.15) is 0 Å². The fourth-order valence-corrected chi connectivity index (χ4v) is 5.58. The number of carbonyl (C=O) groups is 1. The van der Waals surface area contributed by atoms with Crippen LogP contribution in [0.5, 0.6) is 0 Å². The van der Waals surface area contributed by atoms with Crippen molar-refractivity contribution in [1.29, 1.82) is 0 Å². The van der Waals surface area contributed by atoms with Crippen LogP contribution in [0.1, 0.15) is 18.4 Å². The predicted molar refractivity (Wildman–Crippen MR) is 119 cm³/mol. The first-order chi connectivity index (χ1) is 14.7. The molecule has 2 aliphatic rings. The van der Waals surface area contributed by atoms with Crippen LogP contribution in [0.3, 0.4) is 0 Å². The number of aromatic nitrogens is 2. The quantitative estimate of drug-likeness (QED) is 0.618. The van der Waals surface area contributed by atoms with Gasteiger partial charge in [-0.15, -0.1) is 0 Å². The fraction of sp³-hybridized carbons (Fsp3) is 0.409. The van der Waals surface area contributed by atoms with E-state index in [1.165, 1.54) is 0 Å². The molecule has 4 heterocycles. The van der Waals surface area contributed by atoms with Crippen molar-refractivity contribution in [1.82, 2.24) is 14.9 Å². The summed E-state index contributed by atoms with van der Waals surface area (Å²) in [7, 11) is 0. The van der Waals surface area contributed by atoms with Gasteiger partial charge in [-0.25, -0.2) is 9.97 Å². The zero-order chi connectivity index (χ0) is 20.6. The molecule has 2 saturated heterocycles. The highest BCUT2D eigenvalue weighted by Gasteiger charge is 2.44. The van der Waals surface area contributed by atoms with E-state index < -0.39 is 5.41 Å². The summed E-state index contributed by atoms with van der Waals surface area (Å²) < 4.78 is 5.59. The normalized spacial score (nSPS) is 19.2. The van der Waals surface area contributed by atoms with E-state index in [-0.39, 0.29) is 5.91 Å². The minimum Gasteiger partial charge on any atom is -0.381 e. The van der Waals surface area contributed by atoms with E-state index in [9.17, 15) is 4.79 Å². The number of anilines is 1. The molecule has 0 aliphatic carbocycles. The van der Waals surface area contributed by atoms with Gasteiger partial charge in [0.25, 0.3) is 0 Å². The first-order valence-corrected chi connectivity index (χ1v) is 11.4. The molecular formula is C22H23ClN4O2S. The Bertz CT molecular complexity index is 1020. The average molecular weight is 443 g/mol. The van der Waals surface area contributed by atoms with Gasteiger partial charge in [0, 0.05) is 50.6 Å². The lowest BCUT2D eigenvalue weighted by Gasteiger charge is -2.43. The number of fused-ring (bicyclic) bond motifs is 1. The molecule has 1 aromatic carbocycles. The second-order valence-electron chi connectivity index (χ2n) is 7.81. The molecule has 0 atom stereocenters. The first kappa shape index (κ1) is 19.7. The molecule has 6 nitrogen and oxygen atoms in total. The Morgan fingerprint density at radius 3 is 2.63 bits per heavy atom. The maximum Gasteiger partial charge on any atom is 0.233 e. The van der Waals surface area contributed by atoms with Crippen LogP contribution in [0.4, 0.5) is 5.13 Å². The van der Waals surface area contributed by atoms with Crippen molar-refractivity contribution in [3.05, 3.63) is 53.2 Å². The van der Waals surface area contributed by atoms with Crippen molar-refractivity contribution in [2.45, 2.75) is 18.3 Å². The third-order valence-electron chi connectivity index (χ3n) is 6.13. The molecule has 8 heteroatoms. The summed E-state index contributed by atoms with van der Waals surface area (Å²) in [4.78, 5) is 28.1. The minimum atomic E-state index is -0.550. The largest absolute Gasteiger partial charge is 0.381 e. The van der Waals surface area contributed by atoms with Crippen molar-refractivity contribution >= 4 is 44.3 Å². The van der Waals surface area contributed by atoms with Crippen molar-refractivity contribution in [2.75, 3.05) is 44.3 Å². The van der Waals surface area contributed by atoms with Crippen LogP contribution in [0.15, 0.2) is 42.6 Å². The summed E-state index contributed by atoms with van der Waals surface area (Å²) in [6.45, 7) is 4.10. The standard InChI is InChI=1S/C22H23ClN4O2S/c23-17-4-1-3-16(15-17)22(6-13-29-14-7-22)20(28)26-9-11-27(12-10-26)21-25-18-5-2-8-24-19(18)30-21/h1-5,8,15H,6-7,9-14H2. The predicted octanol–water partition coefficient (Wildman–Crippen LogP) is 3.74. The summed E-state index contributed by atoms with van der Waals surface area (Å²) >= 11 is 7.87. The molecule has 0 spiro atoms. The molecule has 0 unspecified atom stereocenters. The maximum absolute atomic E-state index is 13.8. The Hall–Kier alpha value is -2.22. The van der Waals surface area contributed by atoms with E-state index in [0.29, 0.717) is 44.2 Å². The molecular weight excluding hydrogens is 420 g/mol. The molecule has 5 rings (SSSR count). The van der Waals surface area contributed by atoms with E-state index in [4.69, 9.17) is 21.3 Å². The van der Waals surface area contributed by atoms with Crippen LogP contribution in [0.2, 0.25) is 5.02 Å². The van der Waals surface area contributed by atoms with E-state index in [1.54, 1.807) is 17.5 Å². The molecule has 1 amide bonds. The van der Waals surface area contributed by atoms with Crippen LogP contribution in [0, 0.1) is 0 Å². The number of thiazole rings is 1. The highest BCUT2D eigenvalue weighted by molar-refractivity contribution is 7.21. The fourth-order valence-electron chi connectivity index (χ4n) is 4.43. The van der Waals surface area contributed by atoms with Crippen molar-refractivity contribution in [3.8, 4) is 0 Å². The zero-order valence-electron chi connectivity index (χ0n) is 16.6. The van der Waals surface area contributed by atoms with Crippen molar-refractivity contribution in [2.24, 2.45) is 0 Å². The highest BCUT2D eigenvalue weighted by Crippen LogP contribution is 2.38. The molecule has 0 N–H and O–H groups in total. The number of amides is 1. The van der Waals surface area contributed by atoms with Gasteiger partial charge >= 0.3 is 0 Å². The number of piperazine rings is 1. The average Bonchev–Trinajstić information content (AvgIpc) is 3.23. The number of hydrogen-bond donors (Lipinski definition) is 0. The van der Waals surface area contributed by atoms with Gasteiger partial charge in [0.05, 0.1) is 5.41 Å². The number of carbonyl (C=O) groups excluding carboxylic acids is 1. The molecule has 0 saturated carbocycles. The Kier molecular flexibility index (Phi) is 5.35. The van der Waals surface area contributed by atoms with Crippen LogP contribution >= 0.6 is 22.9 Å². The van der Waals surface area contributed by atoms with Crippen LogP contribution in [-0.2, 0) is 14.9 Å². The lowest BCUT2D eigenvalue weighted by molar-refractivity contribution is -0.141. The van der Waals surface area contributed by atoms with E-state index in [2.05, 4.69) is 9.88 Å². The van der Waals surface area contributed by atoms with E-state index in [0.717, 1.165) is 34.1 Å². The number of benzene rings is 1. The SMILES string of the molecule is O=C(N1CCN(c2nc3cccnc3s2)CC1)C1(c2cccc(Cl)c2)CCOCC1. The van der Waals surface area contributed by atoms with Gasteiger partial charge in [0.2, 0.25) is 5.91 Å². The number of hydrogen-bond acceptors (Lipinski definition) is 6. The van der Waals surface area contributed by atoms with Gasteiger partial charge in [0.1, 0.15) is 10.3 Å². The van der Waals surface area contributed by atoms with Gasteiger partial charge in [0.15, 0.2) is 5.13 Å². The Morgan fingerprint density at radius 1 is 1.10 bits per heavy atom. The van der Waals surface area contributed by atoms with Gasteiger partial charge in [-0.05, 0) is 42.7 Å². The number of halogens is 1. The van der Waals surface area contributed by atoms with Gasteiger partial charge in [-0.1, -0.05) is 35.1 Å². The summed E-state index contributed by atoms with van der Waals surface area (Å²) in [6.07, 6.45) is 3.18. The number of ether oxygens (including phenoxy) is 1. The Morgan fingerprint density at radius 2 is 1.90 bits per heavy atom. The topological polar surface area (TPSA) is 58.6 Å². The summed E-state index contributed by atoms with van der Waals surface area (Å²) in [6, 6.07) is 11.7. The molecule has 0 radical (unpaired) electrons. The molecule has 2 aromatic heterocycles. The molecule has 2 fully saturated rings. The van der Waals surface area contributed by atoms with Crippen LogP contribution in [0.25, 0.3) is 10.3 Å². The molecule has 0 bridgehead atoms. The Balaban J connectivity index is 1.34.